The summed E-state index contributed by atoms with van der Waals surface area (Å²) in [6.07, 6.45) is 0.735. The van der Waals surface area contributed by atoms with Gasteiger partial charge in [-0.05, 0) is 19.8 Å². The van der Waals surface area contributed by atoms with E-state index in [0.29, 0.717) is 25.0 Å². The van der Waals surface area contributed by atoms with Gasteiger partial charge in [-0.2, -0.15) is 0 Å². The highest BCUT2D eigenvalue weighted by molar-refractivity contribution is 5.66. The molecule has 1 unspecified atom stereocenters. The van der Waals surface area contributed by atoms with Crippen LogP contribution in [0.25, 0.3) is 0 Å². The van der Waals surface area contributed by atoms with E-state index < -0.39 is 33.9 Å². The average Bonchev–Trinajstić information content (AvgIpc) is 2.32. The largest absolute Gasteiger partial charge is 0.481 e. The Hall–Kier alpha value is -2.25. The molecule has 0 fully saturated rings. The van der Waals surface area contributed by atoms with Crippen molar-refractivity contribution in [2.75, 3.05) is 5.32 Å². The van der Waals surface area contributed by atoms with Crippen molar-refractivity contribution < 1.29 is 23.6 Å². The number of carbonyl (C=O) groups is 1. The third-order valence-corrected chi connectivity index (χ3v) is 2.66. The Morgan fingerprint density at radius 3 is 2.45 bits per heavy atom. The van der Waals surface area contributed by atoms with E-state index in [0.717, 1.165) is 0 Å². The normalized spacial score (nSPS) is 11.9. The van der Waals surface area contributed by atoms with Gasteiger partial charge < -0.3 is 10.4 Å². The van der Waals surface area contributed by atoms with Gasteiger partial charge in [-0.25, -0.2) is 8.78 Å². The van der Waals surface area contributed by atoms with Gasteiger partial charge in [0.15, 0.2) is 11.6 Å². The molecule has 0 radical (unpaired) electrons. The third kappa shape index (κ3) is 4.45. The van der Waals surface area contributed by atoms with Gasteiger partial charge in [-0.3, -0.25) is 14.9 Å². The number of carboxylic acid groups (broad SMARTS) is 1. The minimum absolute atomic E-state index is 0.0305. The lowest BCUT2D eigenvalue weighted by molar-refractivity contribution is -0.385. The first-order valence-corrected chi connectivity index (χ1v) is 5.93. The molecule has 110 valence electrons. The maximum Gasteiger partial charge on any atom is 0.303 e. The van der Waals surface area contributed by atoms with Crippen molar-refractivity contribution in [2.24, 2.45) is 0 Å². The van der Waals surface area contributed by atoms with Crippen LogP contribution >= 0.6 is 0 Å². The standard InChI is InChI=1S/C12H14F2N2O4/c1-7(3-2-4-11(17)18)15-12-9(13)5-8(16(19)20)6-10(12)14/h5-7,15H,2-4H2,1H3,(H,17,18). The minimum Gasteiger partial charge on any atom is -0.481 e. The van der Waals surface area contributed by atoms with Crippen LogP contribution in [-0.2, 0) is 4.79 Å². The van der Waals surface area contributed by atoms with Crippen LogP contribution in [0.3, 0.4) is 0 Å². The van der Waals surface area contributed by atoms with E-state index in [1.54, 1.807) is 6.92 Å². The maximum atomic E-state index is 13.6. The quantitative estimate of drug-likeness (QED) is 0.594. The summed E-state index contributed by atoms with van der Waals surface area (Å²) >= 11 is 0. The Labute approximate surface area is 113 Å². The van der Waals surface area contributed by atoms with Crippen molar-refractivity contribution in [3.8, 4) is 0 Å². The highest BCUT2D eigenvalue weighted by Gasteiger charge is 2.18. The summed E-state index contributed by atoms with van der Waals surface area (Å²) in [6, 6.07) is 0.907. The molecule has 0 aliphatic heterocycles. The van der Waals surface area contributed by atoms with E-state index in [9.17, 15) is 23.7 Å². The predicted molar refractivity (Wildman–Crippen MR) is 67.6 cm³/mol. The number of nitro groups is 1. The molecular weight excluding hydrogens is 274 g/mol. The van der Waals surface area contributed by atoms with Crippen molar-refractivity contribution in [2.45, 2.75) is 32.2 Å². The topological polar surface area (TPSA) is 92.5 Å². The number of benzene rings is 1. The monoisotopic (exact) mass is 288 g/mol. The zero-order chi connectivity index (χ0) is 15.3. The molecule has 2 N–H and O–H groups in total. The van der Waals surface area contributed by atoms with Crippen LogP contribution in [-0.4, -0.2) is 22.0 Å². The Bertz CT molecular complexity index is 499. The molecule has 1 aromatic carbocycles. The van der Waals surface area contributed by atoms with Crippen LogP contribution in [0.1, 0.15) is 26.2 Å². The van der Waals surface area contributed by atoms with E-state index in [2.05, 4.69) is 5.32 Å². The second kappa shape index (κ2) is 6.78. The Balaban J connectivity index is 2.72. The number of halogens is 2. The molecule has 1 aromatic rings. The summed E-state index contributed by atoms with van der Waals surface area (Å²) in [5.41, 5.74) is -1.11. The molecule has 0 aliphatic carbocycles. The van der Waals surface area contributed by atoms with Crippen LogP contribution in [0.15, 0.2) is 12.1 Å². The highest BCUT2D eigenvalue weighted by Crippen LogP contribution is 2.25. The third-order valence-electron chi connectivity index (χ3n) is 2.66. The van der Waals surface area contributed by atoms with E-state index >= 15 is 0 Å². The van der Waals surface area contributed by atoms with Gasteiger partial charge >= 0.3 is 5.97 Å². The number of nitro benzene ring substituents is 1. The molecule has 8 heteroatoms. The van der Waals surface area contributed by atoms with Gasteiger partial charge in [0.05, 0.1) is 17.1 Å². The predicted octanol–water partition coefficient (Wildman–Crippen LogP) is 2.93. The molecule has 0 saturated heterocycles. The van der Waals surface area contributed by atoms with E-state index in [-0.39, 0.29) is 12.5 Å². The second-order valence-corrected chi connectivity index (χ2v) is 4.37. The number of nitrogens with zero attached hydrogens (tertiary/aromatic N) is 1. The van der Waals surface area contributed by atoms with Crippen molar-refractivity contribution >= 4 is 17.3 Å². The first-order chi connectivity index (χ1) is 9.31. The van der Waals surface area contributed by atoms with Crippen LogP contribution < -0.4 is 5.32 Å². The van der Waals surface area contributed by atoms with Crippen molar-refractivity contribution in [3.05, 3.63) is 33.9 Å². The molecule has 0 heterocycles. The smallest absolute Gasteiger partial charge is 0.303 e. The zero-order valence-electron chi connectivity index (χ0n) is 10.7. The first-order valence-electron chi connectivity index (χ1n) is 5.93. The van der Waals surface area contributed by atoms with Gasteiger partial charge in [0.25, 0.3) is 5.69 Å². The molecule has 20 heavy (non-hydrogen) atoms. The number of aliphatic carboxylic acids is 1. The molecule has 1 rings (SSSR count). The van der Waals surface area contributed by atoms with E-state index in [1.807, 2.05) is 0 Å². The molecule has 1 atom stereocenters. The number of hydrogen-bond donors (Lipinski definition) is 2. The minimum atomic E-state index is -1.05. The van der Waals surface area contributed by atoms with Gasteiger partial charge in [-0.15, -0.1) is 0 Å². The fourth-order valence-corrected chi connectivity index (χ4v) is 1.68. The summed E-state index contributed by atoms with van der Waals surface area (Å²) < 4.78 is 27.2. The van der Waals surface area contributed by atoms with Crippen LogP contribution in [0, 0.1) is 21.7 Å². The number of rotatable bonds is 7. The van der Waals surface area contributed by atoms with Gasteiger partial charge in [0, 0.05) is 12.5 Å². The summed E-state index contributed by atoms with van der Waals surface area (Å²) in [7, 11) is 0. The van der Waals surface area contributed by atoms with Gasteiger partial charge in [0.2, 0.25) is 0 Å². The second-order valence-electron chi connectivity index (χ2n) is 4.37. The SMILES string of the molecule is CC(CCCC(=O)O)Nc1c(F)cc([N+](=O)[O-])cc1F. The average molecular weight is 288 g/mol. The van der Waals surface area contributed by atoms with Gasteiger partial charge in [0.1, 0.15) is 5.69 Å². The number of non-ortho nitro benzene ring substituents is 1. The molecule has 0 aromatic heterocycles. The fourth-order valence-electron chi connectivity index (χ4n) is 1.68. The van der Waals surface area contributed by atoms with Crippen LogP contribution in [0.5, 0.6) is 0 Å². The van der Waals surface area contributed by atoms with Crippen LogP contribution in [0.4, 0.5) is 20.2 Å². The van der Waals surface area contributed by atoms with Crippen molar-refractivity contribution in [1.82, 2.24) is 0 Å². The molecule has 0 aliphatic rings. The number of carboxylic acids is 1. The lowest BCUT2D eigenvalue weighted by Crippen LogP contribution is -2.17. The highest BCUT2D eigenvalue weighted by atomic mass is 19.1. The number of anilines is 1. The fraction of sp³-hybridized carbons (Fsp3) is 0.417. The number of nitrogens with one attached hydrogen (secondary N) is 1. The number of hydrogen-bond acceptors (Lipinski definition) is 4. The van der Waals surface area contributed by atoms with Crippen LogP contribution in [0.2, 0.25) is 0 Å². The molecular formula is C12H14F2N2O4. The first kappa shape index (κ1) is 15.8. The molecule has 0 saturated carbocycles. The molecule has 6 nitrogen and oxygen atoms in total. The zero-order valence-corrected chi connectivity index (χ0v) is 10.7. The molecule has 0 bridgehead atoms. The summed E-state index contributed by atoms with van der Waals surface area (Å²) in [4.78, 5) is 19.9. The van der Waals surface area contributed by atoms with Gasteiger partial charge in [-0.1, -0.05) is 0 Å². The van der Waals surface area contributed by atoms with Crippen molar-refractivity contribution in [3.63, 3.8) is 0 Å². The lowest BCUT2D eigenvalue weighted by Gasteiger charge is -2.15. The summed E-state index contributed by atoms with van der Waals surface area (Å²) in [5, 5.41) is 21.5. The van der Waals surface area contributed by atoms with E-state index in [4.69, 9.17) is 5.11 Å². The Kier molecular flexibility index (Phi) is 5.36. The maximum absolute atomic E-state index is 13.6. The molecule has 0 spiro atoms. The summed E-state index contributed by atoms with van der Waals surface area (Å²) in [5.74, 6) is -3.05. The van der Waals surface area contributed by atoms with E-state index in [1.165, 1.54) is 0 Å². The van der Waals surface area contributed by atoms with Crippen molar-refractivity contribution in [1.29, 1.82) is 0 Å². The lowest BCUT2D eigenvalue weighted by atomic mass is 10.1. The summed E-state index contributed by atoms with van der Waals surface area (Å²) in [6.45, 7) is 1.64. The Morgan fingerprint density at radius 2 is 2.00 bits per heavy atom. The Morgan fingerprint density at radius 1 is 1.45 bits per heavy atom. The molecule has 0 amide bonds.